The van der Waals surface area contributed by atoms with Crippen LogP contribution < -0.4 is 36.5 Å². The molecule has 69 heavy (non-hydrogen) atoms. The number of fused-ring (bicyclic) bond motifs is 1. The summed E-state index contributed by atoms with van der Waals surface area (Å²) in [7, 11) is -3.48. The number of nitrogens with one attached hydrogen (secondary N) is 6. The number of aromatic amines is 1. The summed E-state index contributed by atoms with van der Waals surface area (Å²) in [5, 5.41) is 22.8. The number of thioether (sulfide) groups is 2. The Hall–Kier alpha value is -6.47. The molecule has 0 saturated heterocycles. The Labute approximate surface area is 407 Å². The fourth-order valence-corrected chi connectivity index (χ4v) is 8.19. The van der Waals surface area contributed by atoms with Gasteiger partial charge >= 0.3 is 16.4 Å². The van der Waals surface area contributed by atoms with Crippen molar-refractivity contribution in [1.29, 1.82) is 0 Å². The van der Waals surface area contributed by atoms with Gasteiger partial charge < -0.3 is 46.2 Å². The van der Waals surface area contributed by atoms with Crippen LogP contribution in [-0.4, -0.2) is 143 Å². The number of H-pyrrole nitrogens is 1. The minimum absolute atomic E-state index is 0.0147. The van der Waals surface area contributed by atoms with Gasteiger partial charge in [0.2, 0.25) is 41.4 Å². The van der Waals surface area contributed by atoms with Gasteiger partial charge in [0.05, 0.1) is 25.4 Å². The molecule has 10 N–H and O–H groups in total. The molecule has 3 aromatic carbocycles. The minimum atomic E-state index is -4.80. The maximum Gasteiger partial charge on any atom is 0.446 e. The second kappa shape index (κ2) is 26.9. The zero-order valence-electron chi connectivity index (χ0n) is 38.0. The topological polar surface area (TPSA) is 326 Å². The van der Waals surface area contributed by atoms with E-state index in [0.717, 1.165) is 15.8 Å². The van der Waals surface area contributed by atoms with Gasteiger partial charge in [0, 0.05) is 37.0 Å². The van der Waals surface area contributed by atoms with E-state index < -0.39 is 101 Å². The van der Waals surface area contributed by atoms with Gasteiger partial charge in [0.15, 0.2) is 0 Å². The molecule has 0 aliphatic heterocycles. The highest BCUT2D eigenvalue weighted by atomic mass is 32.3. The Balaban J connectivity index is 1.53. The molecule has 1 heterocycles. The normalized spacial score (nSPS) is 13.4. The molecular weight excluding hydrogens is 957 g/mol. The highest BCUT2D eigenvalue weighted by Crippen LogP contribution is 2.20. The number of carboxylic acid groups (broad SMARTS) is 1. The van der Waals surface area contributed by atoms with Gasteiger partial charge in [-0.2, -0.15) is 31.9 Å². The number of benzene rings is 3. The van der Waals surface area contributed by atoms with Crippen molar-refractivity contribution in [3.8, 4) is 5.75 Å². The third-order valence-electron chi connectivity index (χ3n) is 10.6. The van der Waals surface area contributed by atoms with Crippen LogP contribution in [0, 0.1) is 0 Å². The van der Waals surface area contributed by atoms with Crippen molar-refractivity contribution in [3.05, 3.63) is 102 Å². The van der Waals surface area contributed by atoms with Gasteiger partial charge in [-0.25, -0.2) is 0 Å². The first-order valence-corrected chi connectivity index (χ1v) is 25.5. The molecule has 4 rings (SSSR count). The van der Waals surface area contributed by atoms with Crippen LogP contribution in [0.5, 0.6) is 5.75 Å². The van der Waals surface area contributed by atoms with Gasteiger partial charge in [-0.3, -0.25) is 48.2 Å². The average molecular weight is 1010 g/mol. The van der Waals surface area contributed by atoms with Crippen molar-refractivity contribution >= 4 is 92.1 Å². The molecule has 372 valence electrons. The summed E-state index contributed by atoms with van der Waals surface area (Å²) in [5.41, 5.74) is 8.30. The lowest BCUT2D eigenvalue weighted by molar-refractivity contribution is -0.144. The Morgan fingerprint density at radius 1 is 0.739 bits per heavy atom. The fourth-order valence-electron chi connectivity index (χ4n) is 6.87. The molecule has 0 fully saturated rings. The summed E-state index contributed by atoms with van der Waals surface area (Å²) in [4.78, 5) is 112. The SMILES string of the molecule is CSCC[C@H](NC(=O)[C@H](Cc1c[nH]c2ccccc12)NC(=O)CNC(=O)[C@@H](N)CCSC)C(=O)N[C@@H](CC(=O)O)C(=O)NC(=O)[C@H](Cc1ccccc1)N(C)C(=O)Cc1ccc(OS(=O)(=O)O)cc1. The molecule has 4 aromatic rings. The third-order valence-corrected chi connectivity index (χ3v) is 12.3. The van der Waals surface area contributed by atoms with Gasteiger partial charge in [-0.15, -0.1) is 0 Å². The van der Waals surface area contributed by atoms with Crippen molar-refractivity contribution in [3.63, 3.8) is 0 Å². The quantitative estimate of drug-likeness (QED) is 0.0372. The number of nitrogens with zero attached hydrogens (tertiary/aromatic N) is 1. The number of imide groups is 1. The number of rotatable bonds is 27. The molecule has 7 amide bonds. The van der Waals surface area contributed by atoms with Crippen LogP contribution in [0.2, 0.25) is 0 Å². The van der Waals surface area contributed by atoms with Crippen molar-refractivity contribution in [2.24, 2.45) is 5.73 Å². The number of para-hydroxylation sites is 1. The van der Waals surface area contributed by atoms with Gasteiger partial charge in [-0.05, 0) is 71.7 Å². The van der Waals surface area contributed by atoms with Crippen LogP contribution in [0.25, 0.3) is 10.9 Å². The van der Waals surface area contributed by atoms with Crippen molar-refractivity contribution < 1.29 is 60.6 Å². The lowest BCUT2D eigenvalue weighted by Crippen LogP contribution is -2.59. The summed E-state index contributed by atoms with van der Waals surface area (Å²) in [6, 6.07) is 14.1. The molecule has 1 aromatic heterocycles. The molecule has 21 nitrogen and oxygen atoms in total. The number of likely N-dealkylation sites (N-methyl/N-ethyl adjacent to an activating group) is 1. The zero-order chi connectivity index (χ0) is 50.7. The molecule has 24 heteroatoms. The lowest BCUT2D eigenvalue weighted by atomic mass is 10.0. The van der Waals surface area contributed by atoms with E-state index in [0.29, 0.717) is 34.6 Å². The monoisotopic (exact) mass is 1010 g/mol. The lowest BCUT2D eigenvalue weighted by Gasteiger charge is -2.28. The van der Waals surface area contributed by atoms with E-state index in [1.165, 1.54) is 54.8 Å². The van der Waals surface area contributed by atoms with Crippen LogP contribution in [0.3, 0.4) is 0 Å². The van der Waals surface area contributed by atoms with Crippen LogP contribution in [0.15, 0.2) is 85.1 Å². The second-order valence-electron chi connectivity index (χ2n) is 15.7. The maximum absolute atomic E-state index is 14.1. The van der Waals surface area contributed by atoms with Crippen molar-refractivity contribution in [1.82, 2.24) is 36.5 Å². The van der Waals surface area contributed by atoms with Gasteiger partial charge in [0.25, 0.3) is 0 Å². The second-order valence-corrected chi connectivity index (χ2v) is 18.7. The number of hydrogen-bond donors (Lipinski definition) is 9. The number of carboxylic acids is 1. The molecule has 0 aliphatic carbocycles. The molecule has 0 saturated carbocycles. The molecule has 0 unspecified atom stereocenters. The molecule has 5 atom stereocenters. The van der Waals surface area contributed by atoms with Crippen LogP contribution in [0.1, 0.15) is 36.0 Å². The largest absolute Gasteiger partial charge is 0.481 e. The molecule has 0 bridgehead atoms. The predicted octanol–water partition coefficient (Wildman–Crippen LogP) is 0.726. The predicted molar refractivity (Wildman–Crippen MR) is 259 cm³/mol. The first-order valence-electron chi connectivity index (χ1n) is 21.4. The Bertz CT molecular complexity index is 2550. The highest BCUT2D eigenvalue weighted by molar-refractivity contribution is 7.98. The molecule has 0 aliphatic rings. The zero-order valence-corrected chi connectivity index (χ0v) is 40.4. The maximum atomic E-state index is 14.1. The number of amides is 7. The van der Waals surface area contributed by atoms with E-state index in [-0.39, 0.29) is 31.4 Å². The summed E-state index contributed by atoms with van der Waals surface area (Å²) in [5.74, 6) is -6.74. The number of aliphatic carboxylic acids is 1. The fraction of sp³-hybridized carbons (Fsp3) is 0.378. The van der Waals surface area contributed by atoms with Gasteiger partial charge in [-0.1, -0.05) is 60.7 Å². The van der Waals surface area contributed by atoms with E-state index in [4.69, 9.17) is 10.3 Å². The number of carbonyl (C=O) groups is 8. The number of aromatic nitrogens is 1. The van der Waals surface area contributed by atoms with Gasteiger partial charge in [0.1, 0.15) is 29.9 Å². The smallest absolute Gasteiger partial charge is 0.446 e. The third kappa shape index (κ3) is 18.2. The summed E-state index contributed by atoms with van der Waals surface area (Å²) in [6.45, 7) is -0.508. The summed E-state index contributed by atoms with van der Waals surface area (Å²) in [6.07, 6.45) is 4.18. The Kier molecular flexibility index (Phi) is 21.5. The van der Waals surface area contributed by atoms with E-state index in [1.54, 1.807) is 48.9 Å². The number of hydrogen-bond acceptors (Lipinski definition) is 14. The summed E-state index contributed by atoms with van der Waals surface area (Å²) < 4.78 is 35.5. The first kappa shape index (κ1) is 55.1. The highest BCUT2D eigenvalue weighted by Gasteiger charge is 2.34. The van der Waals surface area contributed by atoms with Crippen molar-refractivity contribution in [2.75, 3.05) is 37.6 Å². The Morgan fingerprint density at radius 3 is 2.01 bits per heavy atom. The minimum Gasteiger partial charge on any atom is -0.481 e. The van der Waals surface area contributed by atoms with E-state index in [9.17, 15) is 51.9 Å². The van der Waals surface area contributed by atoms with Crippen LogP contribution >= 0.6 is 23.5 Å². The van der Waals surface area contributed by atoms with E-state index in [2.05, 4.69) is 35.8 Å². The Morgan fingerprint density at radius 2 is 1.36 bits per heavy atom. The van der Waals surface area contributed by atoms with Crippen LogP contribution in [0.4, 0.5) is 0 Å². The number of nitrogens with two attached hydrogens (primary N) is 1. The molecule has 0 radical (unpaired) electrons. The van der Waals surface area contributed by atoms with E-state index >= 15 is 0 Å². The standard InChI is InChI=1S/C45H56N8O13S3/c1-53(39(55)22-28-13-15-30(16-14-28)66-69(63,64)65)37(21-27-9-5-4-6-10-27)45(62)52-44(61)36(24-40(56)57)51-42(59)34(18-20-68-3)50-43(60)35(23-29-25-47-33-12-8-7-11-31(29)33)49-38(54)26-48-41(58)32(46)17-19-67-2/h4-16,25,32,34-37,47H,17-24,26,46H2,1-3H3,(H,48,58)(H,49,54)(H,50,60)(H,51,59)(H,56,57)(H,52,61,62)(H,63,64,65)/t32-,34-,35-,36-,37-/m0/s1. The molecule has 0 spiro atoms. The average Bonchev–Trinajstić information content (AvgIpc) is 3.72. The number of carbonyl (C=O) groups excluding carboxylic acids is 7. The molecular formula is C45H56N8O13S3. The summed E-state index contributed by atoms with van der Waals surface area (Å²) >= 11 is 2.83. The van der Waals surface area contributed by atoms with E-state index in [1.807, 2.05) is 24.5 Å². The first-order chi connectivity index (χ1) is 32.8. The van der Waals surface area contributed by atoms with Crippen LogP contribution in [-0.2, 0) is 68.0 Å². The van der Waals surface area contributed by atoms with Crippen molar-refractivity contribution in [2.45, 2.75) is 68.7 Å².